The van der Waals surface area contributed by atoms with Crippen LogP contribution in [-0.4, -0.2) is 42.1 Å². The van der Waals surface area contributed by atoms with Crippen LogP contribution >= 0.6 is 0 Å². The van der Waals surface area contributed by atoms with Crippen molar-refractivity contribution in [3.63, 3.8) is 0 Å². The molecular formula is C30H34O6. The minimum Gasteiger partial charge on any atom is -0.492 e. The van der Waals surface area contributed by atoms with E-state index in [2.05, 4.69) is 26.5 Å². The van der Waals surface area contributed by atoms with Gasteiger partial charge in [-0.1, -0.05) is 30.9 Å². The van der Waals surface area contributed by atoms with Gasteiger partial charge in [0.2, 0.25) is 0 Å². The predicted molar refractivity (Wildman–Crippen MR) is 140 cm³/mol. The number of aliphatic hydroxyl groups excluding tert-OH is 1. The van der Waals surface area contributed by atoms with Gasteiger partial charge >= 0.3 is 5.97 Å². The molecule has 6 nitrogen and oxygen atoms in total. The van der Waals surface area contributed by atoms with Crippen LogP contribution in [0.2, 0.25) is 0 Å². The number of rotatable bonds is 8. The lowest BCUT2D eigenvalue weighted by Gasteiger charge is -2.20. The summed E-state index contributed by atoms with van der Waals surface area (Å²) in [6, 6.07) is 9.71. The maximum absolute atomic E-state index is 11.1. The van der Waals surface area contributed by atoms with E-state index in [1.165, 1.54) is 11.1 Å². The number of carboxylic acids is 1. The Morgan fingerprint density at radius 1 is 1.17 bits per heavy atom. The van der Waals surface area contributed by atoms with Crippen LogP contribution in [0.15, 0.2) is 60.7 Å². The fourth-order valence-corrected chi connectivity index (χ4v) is 5.04. The summed E-state index contributed by atoms with van der Waals surface area (Å²) in [6.07, 6.45) is 8.74. The summed E-state index contributed by atoms with van der Waals surface area (Å²) in [5.41, 5.74) is 6.61. The van der Waals surface area contributed by atoms with E-state index in [9.17, 15) is 4.79 Å². The fourth-order valence-electron chi connectivity index (χ4n) is 5.04. The Labute approximate surface area is 212 Å². The lowest BCUT2D eigenvalue weighted by Crippen LogP contribution is -2.18. The molecule has 36 heavy (non-hydrogen) atoms. The van der Waals surface area contributed by atoms with Crippen molar-refractivity contribution in [3.8, 4) is 17.2 Å². The van der Waals surface area contributed by atoms with Crippen molar-refractivity contribution < 1.29 is 29.2 Å². The minimum absolute atomic E-state index is 0.00730. The second-order valence-corrected chi connectivity index (χ2v) is 9.43. The van der Waals surface area contributed by atoms with Gasteiger partial charge in [-0.25, -0.2) is 0 Å². The Morgan fingerprint density at radius 3 is 2.67 bits per heavy atom. The largest absolute Gasteiger partial charge is 0.492 e. The van der Waals surface area contributed by atoms with E-state index in [0.29, 0.717) is 18.1 Å². The molecule has 1 heterocycles. The number of ether oxygens (including phenoxy) is 3. The minimum atomic E-state index is -0.824. The van der Waals surface area contributed by atoms with Gasteiger partial charge in [-0.2, -0.15) is 0 Å². The summed E-state index contributed by atoms with van der Waals surface area (Å²) in [5.74, 6) is 1.22. The molecule has 2 aromatic rings. The highest BCUT2D eigenvalue weighted by Gasteiger charge is 2.27. The van der Waals surface area contributed by atoms with Gasteiger partial charge in [-0.15, -0.1) is 0 Å². The van der Waals surface area contributed by atoms with Crippen molar-refractivity contribution in [2.75, 3.05) is 19.8 Å². The molecule has 1 aliphatic heterocycles. The zero-order valence-corrected chi connectivity index (χ0v) is 21.0. The van der Waals surface area contributed by atoms with Gasteiger partial charge in [0.15, 0.2) is 0 Å². The van der Waals surface area contributed by atoms with E-state index < -0.39 is 5.97 Å². The molecule has 0 saturated carbocycles. The van der Waals surface area contributed by atoms with E-state index >= 15 is 0 Å². The molecule has 0 unspecified atom stereocenters. The van der Waals surface area contributed by atoms with Crippen molar-refractivity contribution >= 4 is 11.5 Å². The normalized spacial score (nSPS) is 21.8. The second-order valence-electron chi connectivity index (χ2n) is 9.43. The highest BCUT2D eigenvalue weighted by molar-refractivity contribution is 5.73. The second kappa shape index (κ2) is 11.5. The highest BCUT2D eigenvalue weighted by Crippen LogP contribution is 2.39. The Morgan fingerprint density at radius 2 is 1.94 bits per heavy atom. The van der Waals surface area contributed by atoms with Gasteiger partial charge in [-0.3, -0.25) is 4.79 Å². The zero-order chi connectivity index (χ0) is 25.7. The molecule has 0 spiro atoms. The van der Waals surface area contributed by atoms with Crippen LogP contribution in [0.5, 0.6) is 17.2 Å². The molecule has 2 aliphatic rings. The number of carboxylic acid groups (broad SMARTS) is 1. The molecule has 4 rings (SSSR count). The number of benzene rings is 2. The number of hydrogen-bond acceptors (Lipinski definition) is 5. The molecule has 1 aliphatic carbocycles. The Hall–Kier alpha value is -3.51. The van der Waals surface area contributed by atoms with E-state index in [1.54, 1.807) is 0 Å². The summed E-state index contributed by atoms with van der Waals surface area (Å²) in [6.45, 7) is 9.09. The molecule has 6 heteroatoms. The Kier molecular flexibility index (Phi) is 8.16. The molecule has 0 fully saturated rings. The number of hydrogen-bond donors (Lipinski definition) is 2. The molecule has 190 valence electrons. The Balaban J connectivity index is 1.45. The van der Waals surface area contributed by atoms with E-state index in [1.807, 2.05) is 42.5 Å². The zero-order valence-electron chi connectivity index (χ0n) is 21.0. The maximum Gasteiger partial charge on any atom is 0.304 e. The predicted octanol–water partition coefficient (Wildman–Crippen LogP) is 5.75. The lowest BCUT2D eigenvalue weighted by molar-refractivity contribution is -0.137. The number of allylic oxidation sites excluding steroid dienone is 3. The van der Waals surface area contributed by atoms with Gasteiger partial charge in [-0.05, 0) is 79.1 Å². The molecule has 0 amide bonds. The summed E-state index contributed by atoms with van der Waals surface area (Å²) >= 11 is 0. The highest BCUT2D eigenvalue weighted by atomic mass is 16.5. The Bertz CT molecular complexity index is 1170. The first-order valence-electron chi connectivity index (χ1n) is 12.4. The van der Waals surface area contributed by atoms with Crippen molar-refractivity contribution in [1.29, 1.82) is 0 Å². The van der Waals surface area contributed by atoms with E-state index in [0.717, 1.165) is 47.3 Å². The van der Waals surface area contributed by atoms with Crippen LogP contribution in [0.4, 0.5) is 0 Å². The van der Waals surface area contributed by atoms with Crippen LogP contribution in [0, 0.1) is 13.8 Å². The topological polar surface area (TPSA) is 85.2 Å². The molecule has 2 aromatic carbocycles. The number of aliphatic carboxylic acids is 1. The monoisotopic (exact) mass is 490 g/mol. The van der Waals surface area contributed by atoms with Crippen LogP contribution in [0.1, 0.15) is 53.9 Å². The third kappa shape index (κ3) is 6.00. The lowest BCUT2D eigenvalue weighted by atomic mass is 9.91. The maximum atomic E-state index is 11.1. The number of aliphatic hydroxyl groups is 1. The number of aryl methyl sites for hydroxylation is 2. The SMILES string of the molecule is C=C1/C=C\C=C(\c2c(C)cc(OCCO)cc2C)CCC[C@H]1Oc1ccc2c(c1)OC[C@H]2CC(=O)O. The van der Waals surface area contributed by atoms with E-state index in [-0.39, 0.29) is 31.7 Å². The molecular weight excluding hydrogens is 456 g/mol. The number of fused-ring (bicyclic) bond motifs is 1. The van der Waals surface area contributed by atoms with Crippen LogP contribution < -0.4 is 14.2 Å². The fraction of sp³-hybridized carbons (Fsp3) is 0.367. The summed E-state index contributed by atoms with van der Waals surface area (Å²) in [5, 5.41) is 18.2. The standard InChI is InChI=1S/C30H34O6/c1-19-6-4-7-22(30-20(2)14-25(15-21(30)3)34-13-12-31)8-5-9-27(19)36-24-10-11-26-23(16-29(32)33)18-35-28(26)17-24/h4,6-7,10-11,14-15,17,23,27,31H,1,5,8-9,12-13,16,18H2,2-3H3,(H,32,33)/b6-4-,22-7+/t23-,27-/m1/s1. The number of carbonyl (C=O) groups is 1. The van der Waals surface area contributed by atoms with Crippen LogP contribution in [0.25, 0.3) is 5.57 Å². The molecule has 0 aromatic heterocycles. The summed E-state index contributed by atoms with van der Waals surface area (Å²) in [7, 11) is 0. The van der Waals surface area contributed by atoms with Gasteiger partial charge in [0.25, 0.3) is 0 Å². The van der Waals surface area contributed by atoms with Crippen LogP contribution in [0.3, 0.4) is 0 Å². The van der Waals surface area contributed by atoms with Crippen molar-refractivity contribution in [3.05, 3.63) is 83.0 Å². The third-order valence-electron chi connectivity index (χ3n) is 6.69. The first-order chi connectivity index (χ1) is 17.4. The first kappa shape index (κ1) is 25.6. The van der Waals surface area contributed by atoms with Gasteiger partial charge < -0.3 is 24.4 Å². The third-order valence-corrected chi connectivity index (χ3v) is 6.69. The molecule has 0 radical (unpaired) electrons. The molecule has 0 bridgehead atoms. The smallest absolute Gasteiger partial charge is 0.304 e. The molecule has 2 N–H and O–H groups in total. The van der Waals surface area contributed by atoms with Crippen LogP contribution in [-0.2, 0) is 4.79 Å². The van der Waals surface area contributed by atoms with Crippen molar-refractivity contribution in [2.45, 2.75) is 51.6 Å². The first-order valence-corrected chi connectivity index (χ1v) is 12.4. The van der Waals surface area contributed by atoms with Gasteiger partial charge in [0.1, 0.15) is 30.0 Å². The molecule has 0 saturated heterocycles. The summed E-state index contributed by atoms with van der Waals surface area (Å²) in [4.78, 5) is 11.1. The van der Waals surface area contributed by atoms with E-state index in [4.69, 9.17) is 24.4 Å². The van der Waals surface area contributed by atoms with Gasteiger partial charge in [0, 0.05) is 17.5 Å². The quantitative estimate of drug-likeness (QED) is 0.490. The van der Waals surface area contributed by atoms with Gasteiger partial charge in [0.05, 0.1) is 19.6 Å². The van der Waals surface area contributed by atoms with Crippen molar-refractivity contribution in [1.82, 2.24) is 0 Å². The summed E-state index contributed by atoms with van der Waals surface area (Å²) < 4.78 is 17.7. The van der Waals surface area contributed by atoms with Crippen molar-refractivity contribution in [2.24, 2.45) is 0 Å². The average molecular weight is 491 g/mol. The average Bonchev–Trinajstić information content (AvgIpc) is 3.24. The molecule has 2 atom stereocenters.